The third-order valence-electron chi connectivity index (χ3n) is 4.13. The Morgan fingerprint density at radius 3 is 2.52 bits per heavy atom. The van der Waals surface area contributed by atoms with Crippen LogP contribution in [0, 0.1) is 0 Å². The van der Waals surface area contributed by atoms with E-state index in [4.69, 9.17) is 9.47 Å². The van der Waals surface area contributed by atoms with Crippen molar-refractivity contribution in [3.8, 4) is 11.4 Å². The number of carbonyl (C=O) groups is 1. The first kappa shape index (κ1) is 23.5. The van der Waals surface area contributed by atoms with Gasteiger partial charge < -0.3 is 9.47 Å². The summed E-state index contributed by atoms with van der Waals surface area (Å²) in [5.74, 6) is 1.15. The maximum absolute atomic E-state index is 12.5. The van der Waals surface area contributed by atoms with Crippen molar-refractivity contribution in [2.75, 3.05) is 34.1 Å². The topological polar surface area (TPSA) is 104 Å². The van der Waals surface area contributed by atoms with Crippen molar-refractivity contribution in [3.63, 3.8) is 0 Å². The van der Waals surface area contributed by atoms with Crippen LogP contribution in [-0.4, -0.2) is 73.6 Å². The van der Waals surface area contributed by atoms with Crippen LogP contribution < -0.4 is 0 Å². The Morgan fingerprint density at radius 2 is 1.93 bits per heavy atom. The summed E-state index contributed by atoms with van der Waals surface area (Å²) in [6.07, 6.45) is -0.118. The molecule has 0 bridgehead atoms. The van der Waals surface area contributed by atoms with E-state index in [-0.39, 0.29) is 10.7 Å². The van der Waals surface area contributed by atoms with Crippen LogP contribution in [0.2, 0.25) is 0 Å². The molecule has 0 unspecified atom stereocenters. The number of Topliss-reactive ketones (excluding diaryl/α,β-unsaturated/α-hetero) is 1. The molecule has 1 aromatic heterocycles. The van der Waals surface area contributed by atoms with Gasteiger partial charge in [-0.15, -0.1) is 10.2 Å². The molecular formula is C18H26N4O5S2. The lowest BCUT2D eigenvalue weighted by molar-refractivity contribution is -0.116. The fourth-order valence-corrected chi connectivity index (χ4v) is 4.40. The van der Waals surface area contributed by atoms with Gasteiger partial charge in [0.2, 0.25) is 10.0 Å². The number of hydrogen-bond acceptors (Lipinski definition) is 8. The number of benzene rings is 1. The van der Waals surface area contributed by atoms with Crippen LogP contribution in [0.5, 0.6) is 0 Å². The second-order valence-corrected chi connectivity index (χ2v) is 9.65. The number of carbonyl (C=O) groups excluding carboxylic acids is 1. The first-order valence-corrected chi connectivity index (χ1v) is 11.3. The average Bonchev–Trinajstić information content (AvgIpc) is 3.08. The normalized spacial score (nSPS) is 12.1. The van der Waals surface area contributed by atoms with Crippen molar-refractivity contribution in [2.45, 2.75) is 36.2 Å². The highest BCUT2D eigenvalue weighted by molar-refractivity contribution is 7.99. The van der Waals surface area contributed by atoms with Crippen molar-refractivity contribution in [1.82, 2.24) is 19.1 Å². The standard InChI is InChI=1S/C18H26N4O5S2/c1-13(23)9-10-28-18-20-19-17(22(18)12-16(26-4)27-5)14-7-6-8-15(11-14)29(24,25)21(2)3/h6-8,11,16H,9-10,12H2,1-5H3. The number of rotatable bonds is 11. The molecule has 0 fully saturated rings. The minimum Gasteiger partial charge on any atom is -0.354 e. The number of ether oxygens (including phenoxy) is 2. The van der Waals surface area contributed by atoms with E-state index in [9.17, 15) is 13.2 Å². The SMILES string of the molecule is COC(Cn1c(SCCC(C)=O)nnc1-c1cccc(S(=O)(=O)N(C)C)c1)OC. The molecule has 0 saturated carbocycles. The number of aromatic nitrogens is 3. The summed E-state index contributed by atoms with van der Waals surface area (Å²) in [6.45, 7) is 1.85. The summed E-state index contributed by atoms with van der Waals surface area (Å²) in [5.41, 5.74) is 0.602. The van der Waals surface area contributed by atoms with Crippen molar-refractivity contribution in [2.24, 2.45) is 0 Å². The van der Waals surface area contributed by atoms with Crippen LogP contribution in [-0.2, 0) is 30.8 Å². The van der Waals surface area contributed by atoms with Gasteiger partial charge in [0.25, 0.3) is 0 Å². The molecule has 0 atom stereocenters. The number of hydrogen-bond donors (Lipinski definition) is 0. The number of sulfonamides is 1. The van der Waals surface area contributed by atoms with Gasteiger partial charge in [0.05, 0.1) is 11.4 Å². The maximum atomic E-state index is 12.5. The van der Waals surface area contributed by atoms with Crippen LogP contribution in [0.25, 0.3) is 11.4 Å². The Labute approximate surface area is 175 Å². The van der Waals surface area contributed by atoms with Gasteiger partial charge in [0.1, 0.15) is 5.78 Å². The minimum atomic E-state index is -3.59. The predicted octanol–water partition coefficient (Wildman–Crippen LogP) is 1.89. The molecule has 1 heterocycles. The molecule has 0 aliphatic heterocycles. The summed E-state index contributed by atoms with van der Waals surface area (Å²) >= 11 is 1.40. The zero-order chi connectivity index (χ0) is 21.6. The predicted molar refractivity (Wildman–Crippen MR) is 110 cm³/mol. The van der Waals surface area contributed by atoms with Gasteiger partial charge in [-0.05, 0) is 19.1 Å². The lowest BCUT2D eigenvalue weighted by atomic mass is 10.2. The highest BCUT2D eigenvalue weighted by Crippen LogP contribution is 2.27. The Kier molecular flexibility index (Phi) is 8.34. The van der Waals surface area contributed by atoms with E-state index >= 15 is 0 Å². The molecule has 2 aromatic rings. The number of thioether (sulfide) groups is 1. The first-order valence-electron chi connectivity index (χ1n) is 8.84. The third-order valence-corrected chi connectivity index (χ3v) is 6.91. The van der Waals surface area contributed by atoms with E-state index in [1.807, 2.05) is 4.57 Å². The second kappa shape index (κ2) is 10.3. The van der Waals surface area contributed by atoms with Gasteiger partial charge in [-0.3, -0.25) is 9.36 Å². The van der Waals surface area contributed by atoms with E-state index in [2.05, 4.69) is 10.2 Å². The minimum absolute atomic E-state index is 0.0945. The molecule has 0 spiro atoms. The Hall–Kier alpha value is -1.79. The summed E-state index contributed by atoms with van der Waals surface area (Å²) in [4.78, 5) is 11.4. The van der Waals surface area contributed by atoms with Gasteiger partial charge in [-0.25, -0.2) is 12.7 Å². The summed E-state index contributed by atoms with van der Waals surface area (Å²) in [7, 11) is 2.44. The molecule has 11 heteroatoms. The van der Waals surface area contributed by atoms with E-state index < -0.39 is 16.3 Å². The summed E-state index contributed by atoms with van der Waals surface area (Å²) in [6, 6.07) is 6.54. The van der Waals surface area contributed by atoms with E-state index in [1.165, 1.54) is 46.1 Å². The van der Waals surface area contributed by atoms with Gasteiger partial charge in [0, 0.05) is 46.1 Å². The largest absolute Gasteiger partial charge is 0.354 e. The number of nitrogens with zero attached hydrogens (tertiary/aromatic N) is 4. The van der Waals surface area contributed by atoms with E-state index in [1.54, 1.807) is 25.1 Å². The third kappa shape index (κ3) is 5.86. The molecular weight excluding hydrogens is 416 g/mol. The quantitative estimate of drug-likeness (QED) is 0.384. The smallest absolute Gasteiger partial charge is 0.242 e. The van der Waals surface area contributed by atoms with E-state index in [0.29, 0.717) is 35.3 Å². The highest BCUT2D eigenvalue weighted by Gasteiger charge is 2.22. The lowest BCUT2D eigenvalue weighted by Gasteiger charge is -2.17. The highest BCUT2D eigenvalue weighted by atomic mass is 32.2. The zero-order valence-corrected chi connectivity index (χ0v) is 18.8. The van der Waals surface area contributed by atoms with Gasteiger partial charge >= 0.3 is 0 Å². The second-order valence-electron chi connectivity index (χ2n) is 6.43. The molecule has 1 aromatic carbocycles. The lowest BCUT2D eigenvalue weighted by Crippen LogP contribution is -2.22. The molecule has 0 N–H and O–H groups in total. The van der Waals surface area contributed by atoms with Crippen molar-refractivity contribution >= 4 is 27.6 Å². The van der Waals surface area contributed by atoms with Crippen molar-refractivity contribution in [3.05, 3.63) is 24.3 Å². The van der Waals surface area contributed by atoms with Crippen LogP contribution in [0.1, 0.15) is 13.3 Å². The Balaban J connectivity index is 2.46. The maximum Gasteiger partial charge on any atom is 0.242 e. The monoisotopic (exact) mass is 442 g/mol. The summed E-state index contributed by atoms with van der Waals surface area (Å²) in [5, 5.41) is 9.09. The number of ketones is 1. The molecule has 2 rings (SSSR count). The Morgan fingerprint density at radius 1 is 1.24 bits per heavy atom. The van der Waals surface area contributed by atoms with Gasteiger partial charge in [-0.2, -0.15) is 0 Å². The number of methoxy groups -OCH3 is 2. The molecule has 0 aliphatic rings. The van der Waals surface area contributed by atoms with Crippen molar-refractivity contribution in [1.29, 1.82) is 0 Å². The Bertz CT molecular complexity index is 939. The molecule has 9 nitrogen and oxygen atoms in total. The van der Waals surface area contributed by atoms with Crippen LogP contribution >= 0.6 is 11.8 Å². The van der Waals surface area contributed by atoms with Crippen molar-refractivity contribution < 1.29 is 22.7 Å². The van der Waals surface area contributed by atoms with E-state index in [0.717, 1.165) is 4.31 Å². The fourth-order valence-electron chi connectivity index (χ4n) is 2.46. The zero-order valence-electron chi connectivity index (χ0n) is 17.2. The molecule has 0 amide bonds. The molecule has 29 heavy (non-hydrogen) atoms. The molecule has 0 aliphatic carbocycles. The summed E-state index contributed by atoms with van der Waals surface area (Å²) < 4.78 is 38.6. The van der Waals surface area contributed by atoms with Gasteiger partial charge in [0.15, 0.2) is 17.3 Å². The van der Waals surface area contributed by atoms with Crippen LogP contribution in [0.15, 0.2) is 34.3 Å². The fraction of sp³-hybridized carbons (Fsp3) is 0.500. The molecule has 0 radical (unpaired) electrons. The van der Waals surface area contributed by atoms with Crippen LogP contribution in [0.4, 0.5) is 0 Å². The van der Waals surface area contributed by atoms with Crippen LogP contribution in [0.3, 0.4) is 0 Å². The molecule has 160 valence electrons. The average molecular weight is 443 g/mol. The van der Waals surface area contributed by atoms with Gasteiger partial charge in [-0.1, -0.05) is 23.9 Å². The molecule has 0 saturated heterocycles. The first-order chi connectivity index (χ1) is 13.7.